The van der Waals surface area contributed by atoms with Crippen molar-refractivity contribution < 1.29 is 0 Å². The second-order valence-corrected chi connectivity index (χ2v) is 5.46. The number of nitrogens with one attached hydrogen (secondary N) is 1. The largest absolute Gasteiger partial charge is 0.356 e. The minimum atomic E-state index is 0.590. The molecule has 2 unspecified atom stereocenters. The average Bonchev–Trinajstić information content (AvgIpc) is 2.71. The van der Waals surface area contributed by atoms with Crippen molar-refractivity contribution in [2.45, 2.75) is 37.0 Å². The lowest BCUT2D eigenvalue weighted by Crippen LogP contribution is -2.34. The first-order valence-electron chi connectivity index (χ1n) is 4.95. The van der Waals surface area contributed by atoms with Gasteiger partial charge in [-0.05, 0) is 19.1 Å². The first kappa shape index (κ1) is 10.2. The van der Waals surface area contributed by atoms with Crippen LogP contribution in [0.1, 0.15) is 25.7 Å². The Hall–Kier alpha value is -0.290. The average molecular weight is 229 g/mol. The van der Waals surface area contributed by atoms with Gasteiger partial charge in [0.2, 0.25) is 5.13 Å². The van der Waals surface area contributed by atoms with Crippen LogP contribution in [0.4, 0.5) is 5.13 Å². The number of thioether (sulfide) groups is 1. The van der Waals surface area contributed by atoms with Gasteiger partial charge in [-0.1, -0.05) is 24.2 Å². The van der Waals surface area contributed by atoms with E-state index in [1.54, 1.807) is 16.8 Å². The van der Waals surface area contributed by atoms with Crippen LogP contribution in [0.15, 0.2) is 5.51 Å². The molecule has 3 nitrogen and oxygen atoms in total. The van der Waals surface area contributed by atoms with Crippen LogP contribution in [0.2, 0.25) is 0 Å². The Bertz CT molecular complexity index is 263. The molecule has 1 aliphatic carbocycles. The van der Waals surface area contributed by atoms with Crippen molar-refractivity contribution in [3.63, 3.8) is 0 Å². The third kappa shape index (κ3) is 2.39. The third-order valence-electron chi connectivity index (χ3n) is 2.67. The molecule has 1 N–H and O–H groups in total. The van der Waals surface area contributed by atoms with E-state index in [-0.39, 0.29) is 0 Å². The molecule has 0 bridgehead atoms. The molecule has 5 heteroatoms. The fourth-order valence-electron chi connectivity index (χ4n) is 1.94. The van der Waals surface area contributed by atoms with E-state index >= 15 is 0 Å². The van der Waals surface area contributed by atoms with Gasteiger partial charge >= 0.3 is 0 Å². The first-order chi connectivity index (χ1) is 6.90. The molecule has 1 saturated carbocycles. The quantitative estimate of drug-likeness (QED) is 0.864. The number of hydrogen-bond donors (Lipinski definition) is 1. The van der Waals surface area contributed by atoms with Crippen LogP contribution in [0, 0.1) is 0 Å². The first-order valence-corrected chi connectivity index (χ1v) is 7.12. The molecule has 1 aromatic heterocycles. The van der Waals surface area contributed by atoms with E-state index in [1.165, 1.54) is 25.7 Å². The summed E-state index contributed by atoms with van der Waals surface area (Å²) in [7, 11) is 0. The van der Waals surface area contributed by atoms with Crippen molar-refractivity contribution >= 4 is 28.2 Å². The monoisotopic (exact) mass is 229 g/mol. The molecular formula is C9H15N3S2. The fourth-order valence-corrected chi connectivity index (χ4v) is 3.38. The van der Waals surface area contributed by atoms with Crippen LogP contribution in [0.5, 0.6) is 0 Å². The second-order valence-electron chi connectivity index (χ2n) is 3.55. The van der Waals surface area contributed by atoms with Gasteiger partial charge < -0.3 is 5.32 Å². The summed E-state index contributed by atoms with van der Waals surface area (Å²) in [5.74, 6) is 0. The Labute approximate surface area is 92.7 Å². The van der Waals surface area contributed by atoms with Gasteiger partial charge in [0.15, 0.2) is 0 Å². The van der Waals surface area contributed by atoms with E-state index in [0.717, 1.165) is 10.4 Å². The van der Waals surface area contributed by atoms with Gasteiger partial charge in [0.05, 0.1) is 0 Å². The lowest BCUT2D eigenvalue weighted by atomic mass is 9.95. The van der Waals surface area contributed by atoms with Gasteiger partial charge in [-0.15, -0.1) is 10.2 Å². The van der Waals surface area contributed by atoms with E-state index in [0.29, 0.717) is 6.04 Å². The maximum absolute atomic E-state index is 4.03. The fraction of sp³-hybridized carbons (Fsp3) is 0.778. The van der Waals surface area contributed by atoms with Crippen molar-refractivity contribution in [2.24, 2.45) is 0 Å². The summed E-state index contributed by atoms with van der Waals surface area (Å²) < 4.78 is 0. The summed E-state index contributed by atoms with van der Waals surface area (Å²) >= 11 is 3.56. The van der Waals surface area contributed by atoms with Gasteiger partial charge in [-0.2, -0.15) is 11.8 Å². The zero-order valence-corrected chi connectivity index (χ0v) is 9.90. The van der Waals surface area contributed by atoms with Gasteiger partial charge in [-0.25, -0.2) is 0 Å². The molecular weight excluding hydrogens is 214 g/mol. The zero-order valence-electron chi connectivity index (χ0n) is 8.27. The van der Waals surface area contributed by atoms with E-state index < -0.39 is 0 Å². The predicted molar refractivity (Wildman–Crippen MR) is 63.1 cm³/mol. The molecule has 0 spiro atoms. The maximum atomic E-state index is 4.03. The van der Waals surface area contributed by atoms with Crippen molar-refractivity contribution in [2.75, 3.05) is 11.6 Å². The van der Waals surface area contributed by atoms with E-state index in [4.69, 9.17) is 0 Å². The standard InChI is InChI=1S/C9H15N3S2/c1-13-8-5-3-2-4-7(8)11-9-12-10-6-14-9/h6-8H,2-5H2,1H3,(H,11,12). The molecule has 14 heavy (non-hydrogen) atoms. The van der Waals surface area contributed by atoms with Crippen LogP contribution in [-0.2, 0) is 0 Å². The highest BCUT2D eigenvalue weighted by Crippen LogP contribution is 2.29. The molecule has 1 aromatic rings. The van der Waals surface area contributed by atoms with Crippen molar-refractivity contribution in [3.05, 3.63) is 5.51 Å². The summed E-state index contributed by atoms with van der Waals surface area (Å²) in [6, 6.07) is 0.590. The lowest BCUT2D eigenvalue weighted by Gasteiger charge is -2.30. The number of hydrogen-bond acceptors (Lipinski definition) is 5. The molecule has 78 valence electrons. The molecule has 1 aliphatic rings. The molecule has 0 aliphatic heterocycles. The summed E-state index contributed by atoms with van der Waals surface area (Å²) in [4.78, 5) is 0. The summed E-state index contributed by atoms with van der Waals surface area (Å²) in [5.41, 5.74) is 1.78. The lowest BCUT2D eigenvalue weighted by molar-refractivity contribution is 0.474. The van der Waals surface area contributed by atoms with Gasteiger partial charge in [0.1, 0.15) is 5.51 Å². The van der Waals surface area contributed by atoms with Gasteiger partial charge in [0, 0.05) is 11.3 Å². The normalized spacial score (nSPS) is 27.5. The Morgan fingerprint density at radius 1 is 1.50 bits per heavy atom. The minimum Gasteiger partial charge on any atom is -0.356 e. The van der Waals surface area contributed by atoms with Crippen LogP contribution in [-0.4, -0.2) is 27.7 Å². The number of anilines is 1. The maximum Gasteiger partial charge on any atom is 0.205 e. The SMILES string of the molecule is CSC1CCCCC1Nc1nncs1. The van der Waals surface area contributed by atoms with E-state index in [9.17, 15) is 0 Å². The number of nitrogens with zero attached hydrogens (tertiary/aromatic N) is 2. The van der Waals surface area contributed by atoms with Crippen LogP contribution < -0.4 is 5.32 Å². The third-order valence-corrected chi connectivity index (χ3v) is 4.47. The smallest absolute Gasteiger partial charge is 0.205 e. The molecule has 0 aromatic carbocycles. The number of aromatic nitrogens is 2. The van der Waals surface area contributed by atoms with E-state index in [1.807, 2.05) is 11.8 Å². The highest BCUT2D eigenvalue weighted by Gasteiger charge is 2.24. The molecule has 2 atom stereocenters. The minimum absolute atomic E-state index is 0.590. The Balaban J connectivity index is 1.94. The molecule has 1 fully saturated rings. The van der Waals surface area contributed by atoms with Crippen LogP contribution >= 0.6 is 23.1 Å². The van der Waals surface area contributed by atoms with Crippen LogP contribution in [0.3, 0.4) is 0 Å². The van der Waals surface area contributed by atoms with E-state index in [2.05, 4.69) is 21.8 Å². The van der Waals surface area contributed by atoms with Gasteiger partial charge in [0.25, 0.3) is 0 Å². The molecule has 0 saturated heterocycles. The topological polar surface area (TPSA) is 37.8 Å². The highest BCUT2D eigenvalue weighted by atomic mass is 32.2. The Morgan fingerprint density at radius 2 is 2.36 bits per heavy atom. The summed E-state index contributed by atoms with van der Waals surface area (Å²) in [6.07, 6.45) is 7.51. The Morgan fingerprint density at radius 3 is 3.07 bits per heavy atom. The summed E-state index contributed by atoms with van der Waals surface area (Å²) in [6.45, 7) is 0. The summed E-state index contributed by atoms with van der Waals surface area (Å²) in [5, 5.41) is 13.1. The highest BCUT2D eigenvalue weighted by molar-refractivity contribution is 7.99. The predicted octanol–water partition coefficient (Wildman–Crippen LogP) is 2.62. The van der Waals surface area contributed by atoms with Crippen molar-refractivity contribution in [3.8, 4) is 0 Å². The molecule has 0 amide bonds. The molecule has 1 heterocycles. The van der Waals surface area contributed by atoms with Gasteiger partial charge in [-0.3, -0.25) is 0 Å². The molecule has 2 rings (SSSR count). The Kier molecular flexibility index (Phi) is 3.64. The number of rotatable bonds is 3. The second kappa shape index (κ2) is 4.98. The van der Waals surface area contributed by atoms with Crippen LogP contribution in [0.25, 0.3) is 0 Å². The van der Waals surface area contributed by atoms with Crippen molar-refractivity contribution in [1.82, 2.24) is 10.2 Å². The van der Waals surface area contributed by atoms with Crippen molar-refractivity contribution in [1.29, 1.82) is 0 Å². The molecule has 0 radical (unpaired) electrons. The zero-order chi connectivity index (χ0) is 9.80.